The number of aliphatic carboxylic acids is 1. The Kier molecular flexibility index (Phi) is 7.66. The minimum Gasteiger partial charge on any atom is -0.480 e. The van der Waals surface area contributed by atoms with Gasteiger partial charge in [-0.25, -0.2) is 4.79 Å². The van der Waals surface area contributed by atoms with E-state index in [0.717, 1.165) is 27.2 Å². The van der Waals surface area contributed by atoms with E-state index in [1.165, 1.54) is 0 Å². The third-order valence-corrected chi connectivity index (χ3v) is 5.42. The van der Waals surface area contributed by atoms with Crippen LogP contribution in [0, 0.1) is 0 Å². The molecular formula is C24H27N3O6. The number of amides is 3. The van der Waals surface area contributed by atoms with E-state index < -0.39 is 30.4 Å². The van der Waals surface area contributed by atoms with Gasteiger partial charge in [-0.1, -0.05) is 48.5 Å². The smallest absolute Gasteiger partial charge is 0.407 e. The number of ether oxygens (including phenoxy) is 1. The number of carbonyl (C=O) groups is 4. The highest BCUT2D eigenvalue weighted by Crippen LogP contribution is 2.44. The zero-order valence-electron chi connectivity index (χ0n) is 18.5. The van der Waals surface area contributed by atoms with E-state index >= 15 is 0 Å². The first-order chi connectivity index (χ1) is 15.8. The summed E-state index contributed by atoms with van der Waals surface area (Å²) >= 11 is 0. The molecule has 3 amide bonds. The van der Waals surface area contributed by atoms with Gasteiger partial charge >= 0.3 is 12.1 Å². The molecule has 9 heteroatoms. The van der Waals surface area contributed by atoms with Gasteiger partial charge in [0.15, 0.2) is 0 Å². The van der Waals surface area contributed by atoms with Gasteiger partial charge in [-0.05, 0) is 36.1 Å². The fourth-order valence-corrected chi connectivity index (χ4v) is 3.84. The lowest BCUT2D eigenvalue weighted by Gasteiger charge is -2.24. The van der Waals surface area contributed by atoms with Gasteiger partial charge in [0.1, 0.15) is 19.7 Å². The first kappa shape index (κ1) is 23.8. The Balaban J connectivity index is 1.46. The van der Waals surface area contributed by atoms with E-state index in [1.807, 2.05) is 48.5 Å². The van der Waals surface area contributed by atoms with Crippen molar-refractivity contribution in [2.75, 3.05) is 26.2 Å². The number of nitrogens with one attached hydrogen (secondary N) is 2. The summed E-state index contributed by atoms with van der Waals surface area (Å²) in [7, 11) is 0. The molecule has 2 aromatic carbocycles. The third kappa shape index (κ3) is 5.88. The maximum Gasteiger partial charge on any atom is 0.407 e. The Morgan fingerprint density at radius 1 is 0.939 bits per heavy atom. The molecule has 0 saturated heterocycles. The molecule has 0 fully saturated rings. The number of carbonyl (C=O) groups excluding carboxylic acids is 3. The van der Waals surface area contributed by atoms with Crippen molar-refractivity contribution in [3.8, 4) is 11.1 Å². The van der Waals surface area contributed by atoms with Crippen LogP contribution in [0.15, 0.2) is 48.5 Å². The SMILES string of the molecule is CC(C)N(CC(=O)O)C(=O)CNC(=O)CNC(=O)OCC1c2ccccc2-c2ccccc21. The minimum absolute atomic E-state index is 0.0918. The summed E-state index contributed by atoms with van der Waals surface area (Å²) < 4.78 is 5.36. The van der Waals surface area contributed by atoms with E-state index in [1.54, 1.807) is 13.8 Å². The largest absolute Gasteiger partial charge is 0.480 e. The van der Waals surface area contributed by atoms with Gasteiger partial charge in [-0.15, -0.1) is 0 Å². The van der Waals surface area contributed by atoms with E-state index in [0.29, 0.717) is 0 Å². The van der Waals surface area contributed by atoms with Crippen LogP contribution in [0.3, 0.4) is 0 Å². The molecule has 2 aromatic rings. The van der Waals surface area contributed by atoms with Crippen molar-refractivity contribution in [3.63, 3.8) is 0 Å². The van der Waals surface area contributed by atoms with Crippen LogP contribution in [0.4, 0.5) is 4.79 Å². The van der Waals surface area contributed by atoms with Gasteiger partial charge in [-0.3, -0.25) is 14.4 Å². The summed E-state index contributed by atoms with van der Waals surface area (Å²) in [5, 5.41) is 13.6. The molecule has 0 aliphatic heterocycles. The zero-order valence-corrected chi connectivity index (χ0v) is 18.5. The van der Waals surface area contributed by atoms with Crippen LogP contribution >= 0.6 is 0 Å². The van der Waals surface area contributed by atoms with Crippen molar-refractivity contribution in [1.82, 2.24) is 15.5 Å². The summed E-state index contributed by atoms with van der Waals surface area (Å²) in [6.45, 7) is 2.30. The van der Waals surface area contributed by atoms with Crippen molar-refractivity contribution in [2.24, 2.45) is 0 Å². The lowest BCUT2D eigenvalue weighted by molar-refractivity contribution is -0.145. The molecule has 1 aliphatic rings. The molecule has 0 bridgehead atoms. The van der Waals surface area contributed by atoms with Gasteiger partial charge in [0, 0.05) is 12.0 Å². The summed E-state index contributed by atoms with van der Waals surface area (Å²) in [6, 6.07) is 15.6. The third-order valence-electron chi connectivity index (χ3n) is 5.42. The molecule has 0 spiro atoms. The summed E-state index contributed by atoms with van der Waals surface area (Å²) in [5.74, 6) is -2.34. The highest BCUT2D eigenvalue weighted by Gasteiger charge is 2.29. The fourth-order valence-electron chi connectivity index (χ4n) is 3.84. The highest BCUT2D eigenvalue weighted by atomic mass is 16.5. The van der Waals surface area contributed by atoms with Crippen molar-refractivity contribution in [1.29, 1.82) is 0 Å². The number of hydrogen-bond donors (Lipinski definition) is 3. The number of carboxylic acid groups (broad SMARTS) is 1. The molecule has 3 rings (SSSR count). The molecule has 33 heavy (non-hydrogen) atoms. The Morgan fingerprint density at radius 2 is 1.52 bits per heavy atom. The Morgan fingerprint density at radius 3 is 2.06 bits per heavy atom. The van der Waals surface area contributed by atoms with Gasteiger partial charge in [0.25, 0.3) is 0 Å². The normalized spacial score (nSPS) is 12.0. The predicted molar refractivity (Wildman–Crippen MR) is 121 cm³/mol. The average molecular weight is 453 g/mol. The van der Waals surface area contributed by atoms with Crippen LogP contribution in [0.1, 0.15) is 30.9 Å². The number of carboxylic acids is 1. The minimum atomic E-state index is -1.14. The Labute approximate surface area is 191 Å². The molecule has 9 nitrogen and oxygen atoms in total. The Hall–Kier alpha value is -3.88. The molecular weight excluding hydrogens is 426 g/mol. The van der Waals surface area contributed by atoms with Gasteiger partial charge in [-0.2, -0.15) is 0 Å². The van der Waals surface area contributed by atoms with E-state index in [9.17, 15) is 19.2 Å². The standard InChI is InChI=1S/C24H27N3O6/c1-15(2)27(13-23(30)31)22(29)12-25-21(28)11-26-24(32)33-14-20-18-9-5-3-7-16(18)17-8-4-6-10-19(17)20/h3-10,15,20H,11-14H2,1-2H3,(H,25,28)(H,26,32)(H,30,31). The first-order valence-electron chi connectivity index (χ1n) is 10.6. The number of alkyl carbamates (subject to hydrolysis) is 1. The zero-order chi connectivity index (χ0) is 24.0. The van der Waals surface area contributed by atoms with E-state index in [2.05, 4.69) is 10.6 Å². The molecule has 0 saturated carbocycles. The number of rotatable bonds is 9. The van der Waals surface area contributed by atoms with E-state index in [4.69, 9.17) is 9.84 Å². The molecule has 0 heterocycles. The first-order valence-corrected chi connectivity index (χ1v) is 10.6. The summed E-state index contributed by atoms with van der Waals surface area (Å²) in [5.41, 5.74) is 4.40. The maximum atomic E-state index is 12.1. The van der Waals surface area contributed by atoms with Crippen molar-refractivity contribution < 1.29 is 29.0 Å². The molecule has 0 aromatic heterocycles. The quantitative estimate of drug-likeness (QED) is 0.533. The number of hydrogen-bond acceptors (Lipinski definition) is 5. The molecule has 0 atom stereocenters. The lowest BCUT2D eigenvalue weighted by Crippen LogP contribution is -2.47. The Bertz CT molecular complexity index is 1010. The van der Waals surface area contributed by atoms with Crippen molar-refractivity contribution in [2.45, 2.75) is 25.8 Å². The van der Waals surface area contributed by atoms with Gasteiger partial charge in [0.2, 0.25) is 11.8 Å². The van der Waals surface area contributed by atoms with E-state index in [-0.39, 0.29) is 31.7 Å². The van der Waals surface area contributed by atoms with Gasteiger partial charge < -0.3 is 25.4 Å². The number of nitrogens with zero attached hydrogens (tertiary/aromatic N) is 1. The molecule has 174 valence electrons. The molecule has 1 aliphatic carbocycles. The lowest BCUT2D eigenvalue weighted by atomic mass is 9.98. The second-order valence-corrected chi connectivity index (χ2v) is 7.96. The van der Waals surface area contributed by atoms with Crippen molar-refractivity contribution in [3.05, 3.63) is 59.7 Å². The summed E-state index contributed by atoms with van der Waals surface area (Å²) in [4.78, 5) is 48.3. The highest BCUT2D eigenvalue weighted by molar-refractivity contribution is 5.88. The fraction of sp³-hybridized carbons (Fsp3) is 0.333. The predicted octanol–water partition coefficient (Wildman–Crippen LogP) is 1.96. The van der Waals surface area contributed by atoms with Crippen molar-refractivity contribution >= 4 is 23.9 Å². The molecule has 3 N–H and O–H groups in total. The van der Waals surface area contributed by atoms with Crippen LogP contribution in [-0.4, -0.2) is 66.2 Å². The van der Waals surface area contributed by atoms with Crippen LogP contribution in [0.5, 0.6) is 0 Å². The van der Waals surface area contributed by atoms with Crippen LogP contribution in [-0.2, 0) is 19.1 Å². The number of fused-ring (bicyclic) bond motifs is 3. The average Bonchev–Trinajstić information content (AvgIpc) is 3.11. The topological polar surface area (TPSA) is 125 Å². The number of benzene rings is 2. The summed E-state index contributed by atoms with van der Waals surface area (Å²) in [6.07, 6.45) is -0.743. The molecule has 0 radical (unpaired) electrons. The van der Waals surface area contributed by atoms with Gasteiger partial charge in [0.05, 0.1) is 6.54 Å². The molecule has 0 unspecified atom stereocenters. The second-order valence-electron chi connectivity index (χ2n) is 7.96. The second kappa shape index (κ2) is 10.6. The monoisotopic (exact) mass is 453 g/mol. The van der Waals surface area contributed by atoms with Crippen LogP contribution < -0.4 is 10.6 Å². The van der Waals surface area contributed by atoms with Crippen LogP contribution in [0.2, 0.25) is 0 Å². The van der Waals surface area contributed by atoms with Crippen LogP contribution in [0.25, 0.3) is 11.1 Å². The maximum absolute atomic E-state index is 12.1.